The minimum Gasteiger partial charge on any atom is -0.339 e. The van der Waals surface area contributed by atoms with E-state index >= 15 is 0 Å². The SMILES string of the molecule is Cc1c(Cl)nc(C(C)C)nc1Nc1ccc(F)cc1Br. The topological polar surface area (TPSA) is 37.8 Å². The minimum absolute atomic E-state index is 0.172. The Labute approximate surface area is 130 Å². The zero-order valence-corrected chi connectivity index (χ0v) is 13.7. The maximum absolute atomic E-state index is 13.1. The molecule has 0 radical (unpaired) electrons. The van der Waals surface area contributed by atoms with Crippen molar-refractivity contribution in [3.8, 4) is 0 Å². The fourth-order valence-corrected chi connectivity index (χ4v) is 2.23. The van der Waals surface area contributed by atoms with Crippen molar-refractivity contribution in [2.45, 2.75) is 26.7 Å². The lowest BCUT2D eigenvalue weighted by Gasteiger charge is -2.14. The molecule has 0 unspecified atom stereocenters. The summed E-state index contributed by atoms with van der Waals surface area (Å²) >= 11 is 9.45. The summed E-state index contributed by atoms with van der Waals surface area (Å²) < 4.78 is 13.7. The van der Waals surface area contributed by atoms with Crippen LogP contribution in [0, 0.1) is 12.7 Å². The van der Waals surface area contributed by atoms with Gasteiger partial charge in [-0.3, -0.25) is 0 Å². The van der Waals surface area contributed by atoms with Gasteiger partial charge in [-0.25, -0.2) is 14.4 Å². The number of nitrogens with one attached hydrogen (secondary N) is 1. The van der Waals surface area contributed by atoms with Crippen LogP contribution < -0.4 is 5.32 Å². The van der Waals surface area contributed by atoms with Crippen molar-refractivity contribution in [3.05, 3.63) is 45.0 Å². The number of hydrogen-bond acceptors (Lipinski definition) is 3. The Balaban J connectivity index is 2.42. The molecule has 0 fully saturated rings. The van der Waals surface area contributed by atoms with Gasteiger partial charge in [0.2, 0.25) is 0 Å². The van der Waals surface area contributed by atoms with Crippen LogP contribution in [-0.2, 0) is 0 Å². The maximum Gasteiger partial charge on any atom is 0.138 e. The highest BCUT2D eigenvalue weighted by molar-refractivity contribution is 9.10. The molecule has 0 amide bonds. The molecular weight excluding hydrogens is 345 g/mol. The van der Waals surface area contributed by atoms with Crippen molar-refractivity contribution >= 4 is 39.0 Å². The molecule has 0 atom stereocenters. The Bertz CT molecular complexity index is 647. The highest BCUT2D eigenvalue weighted by atomic mass is 79.9. The number of nitrogens with zero attached hydrogens (tertiary/aromatic N) is 2. The van der Waals surface area contributed by atoms with Crippen LogP contribution in [0.5, 0.6) is 0 Å². The lowest BCUT2D eigenvalue weighted by molar-refractivity contribution is 0.627. The van der Waals surface area contributed by atoms with Gasteiger partial charge in [-0.15, -0.1) is 0 Å². The lowest BCUT2D eigenvalue weighted by atomic mass is 10.2. The average Bonchev–Trinajstić information content (AvgIpc) is 2.37. The zero-order chi connectivity index (χ0) is 14.9. The Morgan fingerprint density at radius 3 is 2.60 bits per heavy atom. The number of hydrogen-bond donors (Lipinski definition) is 1. The first-order valence-electron chi connectivity index (χ1n) is 6.14. The van der Waals surface area contributed by atoms with E-state index in [1.54, 1.807) is 6.07 Å². The van der Waals surface area contributed by atoms with Gasteiger partial charge in [0, 0.05) is 16.0 Å². The maximum atomic E-state index is 13.1. The summed E-state index contributed by atoms with van der Waals surface area (Å²) in [5.74, 6) is 1.16. The molecule has 1 N–H and O–H groups in total. The van der Waals surface area contributed by atoms with Gasteiger partial charge in [0.1, 0.15) is 22.6 Å². The number of benzene rings is 1. The average molecular weight is 359 g/mol. The number of aromatic nitrogens is 2. The third-order valence-corrected chi connectivity index (χ3v) is 3.83. The molecule has 2 rings (SSSR count). The summed E-state index contributed by atoms with van der Waals surface area (Å²) in [4.78, 5) is 8.72. The summed E-state index contributed by atoms with van der Waals surface area (Å²) in [6.45, 7) is 5.84. The summed E-state index contributed by atoms with van der Waals surface area (Å²) in [5, 5.41) is 3.58. The fraction of sp³-hybridized carbons (Fsp3) is 0.286. The van der Waals surface area contributed by atoms with Gasteiger partial charge in [0.25, 0.3) is 0 Å². The Kier molecular flexibility index (Phi) is 4.60. The molecule has 2 aromatic rings. The molecule has 0 saturated carbocycles. The van der Waals surface area contributed by atoms with Crippen LogP contribution in [0.15, 0.2) is 22.7 Å². The van der Waals surface area contributed by atoms with Crippen LogP contribution in [0.4, 0.5) is 15.9 Å². The first-order chi connectivity index (χ1) is 9.38. The summed E-state index contributed by atoms with van der Waals surface area (Å²) in [6.07, 6.45) is 0. The first kappa shape index (κ1) is 15.2. The van der Waals surface area contributed by atoms with E-state index in [1.165, 1.54) is 12.1 Å². The van der Waals surface area contributed by atoms with E-state index in [0.717, 1.165) is 11.3 Å². The summed E-state index contributed by atoms with van der Waals surface area (Å²) in [6, 6.07) is 4.42. The Morgan fingerprint density at radius 2 is 2.00 bits per heavy atom. The van der Waals surface area contributed by atoms with Gasteiger partial charge < -0.3 is 5.32 Å². The van der Waals surface area contributed by atoms with Crippen LogP contribution in [-0.4, -0.2) is 9.97 Å². The van der Waals surface area contributed by atoms with Crippen LogP contribution in [0.1, 0.15) is 31.2 Å². The second kappa shape index (κ2) is 6.06. The van der Waals surface area contributed by atoms with Crippen molar-refractivity contribution in [2.75, 3.05) is 5.32 Å². The molecule has 20 heavy (non-hydrogen) atoms. The molecule has 106 valence electrons. The van der Waals surface area contributed by atoms with E-state index in [9.17, 15) is 4.39 Å². The van der Waals surface area contributed by atoms with Crippen molar-refractivity contribution in [1.29, 1.82) is 0 Å². The third kappa shape index (κ3) is 3.27. The number of rotatable bonds is 3. The first-order valence-corrected chi connectivity index (χ1v) is 7.31. The normalized spacial score (nSPS) is 10.9. The monoisotopic (exact) mass is 357 g/mol. The molecule has 0 saturated heterocycles. The van der Waals surface area contributed by atoms with Crippen LogP contribution in [0.25, 0.3) is 0 Å². The van der Waals surface area contributed by atoms with Crippen LogP contribution in [0.2, 0.25) is 5.15 Å². The Morgan fingerprint density at radius 1 is 1.30 bits per heavy atom. The molecular formula is C14H14BrClFN3. The largest absolute Gasteiger partial charge is 0.339 e. The zero-order valence-electron chi connectivity index (χ0n) is 11.3. The highest BCUT2D eigenvalue weighted by Crippen LogP contribution is 2.29. The molecule has 0 spiro atoms. The molecule has 0 aliphatic carbocycles. The number of halogens is 3. The van der Waals surface area contributed by atoms with E-state index < -0.39 is 0 Å². The van der Waals surface area contributed by atoms with E-state index in [2.05, 4.69) is 31.2 Å². The van der Waals surface area contributed by atoms with Crippen molar-refractivity contribution < 1.29 is 4.39 Å². The van der Waals surface area contributed by atoms with Crippen molar-refractivity contribution in [1.82, 2.24) is 9.97 Å². The third-order valence-electron chi connectivity index (χ3n) is 2.80. The van der Waals surface area contributed by atoms with Crippen molar-refractivity contribution in [3.63, 3.8) is 0 Å². The highest BCUT2D eigenvalue weighted by Gasteiger charge is 2.13. The van der Waals surface area contributed by atoms with Gasteiger partial charge in [-0.2, -0.15) is 0 Å². The predicted molar refractivity (Wildman–Crippen MR) is 83.3 cm³/mol. The fourth-order valence-electron chi connectivity index (χ4n) is 1.60. The van der Waals surface area contributed by atoms with Gasteiger partial charge in [0.05, 0.1) is 5.69 Å². The number of anilines is 2. The van der Waals surface area contributed by atoms with Crippen LogP contribution in [0.3, 0.4) is 0 Å². The second-order valence-corrected chi connectivity index (χ2v) is 5.96. The molecule has 1 heterocycles. The van der Waals surface area contributed by atoms with Gasteiger partial charge in [0.15, 0.2) is 0 Å². The smallest absolute Gasteiger partial charge is 0.138 e. The molecule has 0 bridgehead atoms. The van der Waals surface area contributed by atoms with Crippen molar-refractivity contribution in [2.24, 2.45) is 0 Å². The molecule has 6 heteroatoms. The summed E-state index contributed by atoms with van der Waals surface area (Å²) in [7, 11) is 0. The lowest BCUT2D eigenvalue weighted by Crippen LogP contribution is -2.05. The molecule has 0 aliphatic rings. The van der Waals surface area contributed by atoms with E-state index in [0.29, 0.717) is 21.3 Å². The predicted octanol–water partition coefficient (Wildman–Crippen LogP) is 5.21. The van der Waals surface area contributed by atoms with Gasteiger partial charge in [-0.05, 0) is 41.1 Å². The molecule has 3 nitrogen and oxygen atoms in total. The molecule has 0 aliphatic heterocycles. The quantitative estimate of drug-likeness (QED) is 0.766. The molecule has 1 aromatic heterocycles. The standard InChI is InChI=1S/C14H14BrClFN3/c1-7(2)13-19-12(16)8(3)14(20-13)18-11-5-4-9(17)6-10(11)15/h4-7H,1-3H3,(H,18,19,20). The Hall–Kier alpha value is -1.20. The van der Waals surface area contributed by atoms with Crippen LogP contribution >= 0.6 is 27.5 Å². The second-order valence-electron chi connectivity index (χ2n) is 4.75. The van der Waals surface area contributed by atoms with Gasteiger partial charge in [-0.1, -0.05) is 25.4 Å². The van der Waals surface area contributed by atoms with Gasteiger partial charge >= 0.3 is 0 Å². The summed E-state index contributed by atoms with van der Waals surface area (Å²) in [5.41, 5.74) is 1.48. The van der Waals surface area contributed by atoms with E-state index in [-0.39, 0.29) is 11.7 Å². The minimum atomic E-state index is -0.303. The van der Waals surface area contributed by atoms with E-state index in [1.807, 2.05) is 20.8 Å². The van der Waals surface area contributed by atoms with E-state index in [4.69, 9.17) is 11.6 Å². The molecule has 1 aromatic carbocycles.